The molecule has 1 aromatic carbocycles. The number of nitrogens with one attached hydrogen (secondary N) is 1. The second-order valence-electron chi connectivity index (χ2n) is 3.64. The lowest BCUT2D eigenvalue weighted by atomic mass is 10.0. The number of halogens is 2. The Kier molecular flexibility index (Phi) is 4.15. The first kappa shape index (κ1) is 12.6. The summed E-state index contributed by atoms with van der Waals surface area (Å²) in [6, 6.07) is 8.56. The van der Waals surface area contributed by atoms with Crippen molar-refractivity contribution in [3.8, 4) is 0 Å². The van der Waals surface area contributed by atoms with Gasteiger partial charge in [-0.1, -0.05) is 30.7 Å². The zero-order valence-corrected chi connectivity index (χ0v) is 11.0. The third-order valence-electron chi connectivity index (χ3n) is 2.52. The second-order valence-corrected chi connectivity index (χ2v) is 5.03. The molecular formula is C13H13ClFNS. The van der Waals surface area contributed by atoms with Gasteiger partial charge in [0.2, 0.25) is 0 Å². The highest BCUT2D eigenvalue weighted by Crippen LogP contribution is 2.32. The average Bonchev–Trinajstić information content (AvgIpc) is 2.80. The summed E-state index contributed by atoms with van der Waals surface area (Å²) in [4.78, 5) is 1.07. The molecule has 2 aromatic rings. The molecule has 0 aliphatic carbocycles. The van der Waals surface area contributed by atoms with Crippen LogP contribution in [0.5, 0.6) is 0 Å². The van der Waals surface area contributed by atoms with Crippen molar-refractivity contribution < 1.29 is 4.39 Å². The van der Waals surface area contributed by atoms with Gasteiger partial charge in [-0.3, -0.25) is 0 Å². The molecule has 0 fully saturated rings. The van der Waals surface area contributed by atoms with Crippen molar-refractivity contribution >= 4 is 22.9 Å². The van der Waals surface area contributed by atoms with E-state index in [1.54, 1.807) is 23.5 Å². The fraction of sp³-hybridized carbons (Fsp3) is 0.231. The second kappa shape index (κ2) is 5.63. The summed E-state index contributed by atoms with van der Waals surface area (Å²) in [6.45, 7) is 2.75. The van der Waals surface area contributed by atoms with Gasteiger partial charge in [-0.25, -0.2) is 4.39 Å². The van der Waals surface area contributed by atoms with E-state index in [0.29, 0.717) is 10.6 Å². The first-order valence-electron chi connectivity index (χ1n) is 5.44. The fourth-order valence-electron chi connectivity index (χ4n) is 1.79. The zero-order valence-electron chi connectivity index (χ0n) is 9.41. The maximum absolute atomic E-state index is 13.9. The van der Waals surface area contributed by atoms with Crippen LogP contribution in [0.3, 0.4) is 0 Å². The van der Waals surface area contributed by atoms with Crippen molar-refractivity contribution in [1.82, 2.24) is 5.32 Å². The van der Waals surface area contributed by atoms with E-state index in [2.05, 4.69) is 5.32 Å². The summed E-state index contributed by atoms with van der Waals surface area (Å²) in [5.41, 5.74) is 0.526. The maximum Gasteiger partial charge on any atom is 0.129 e. The molecule has 90 valence electrons. The molecule has 0 aliphatic heterocycles. The maximum atomic E-state index is 13.9. The van der Waals surface area contributed by atoms with Crippen LogP contribution >= 0.6 is 22.9 Å². The van der Waals surface area contributed by atoms with E-state index in [0.717, 1.165) is 11.4 Å². The van der Waals surface area contributed by atoms with Crippen LogP contribution in [0, 0.1) is 5.82 Å². The highest BCUT2D eigenvalue weighted by molar-refractivity contribution is 7.10. The Morgan fingerprint density at radius 1 is 1.35 bits per heavy atom. The molecule has 0 bridgehead atoms. The monoisotopic (exact) mass is 269 g/mol. The smallest absolute Gasteiger partial charge is 0.129 e. The summed E-state index contributed by atoms with van der Waals surface area (Å²) in [5.74, 6) is -0.267. The summed E-state index contributed by atoms with van der Waals surface area (Å²) in [7, 11) is 0. The molecule has 1 unspecified atom stereocenters. The van der Waals surface area contributed by atoms with Crippen molar-refractivity contribution in [2.75, 3.05) is 6.54 Å². The lowest BCUT2D eigenvalue weighted by Crippen LogP contribution is -2.22. The Balaban J connectivity index is 2.46. The summed E-state index contributed by atoms with van der Waals surface area (Å²) < 4.78 is 13.9. The summed E-state index contributed by atoms with van der Waals surface area (Å²) >= 11 is 7.70. The van der Waals surface area contributed by atoms with Crippen LogP contribution in [-0.4, -0.2) is 6.54 Å². The topological polar surface area (TPSA) is 12.0 Å². The molecule has 1 aromatic heterocycles. The van der Waals surface area contributed by atoms with Crippen molar-refractivity contribution in [2.45, 2.75) is 13.0 Å². The van der Waals surface area contributed by atoms with Crippen molar-refractivity contribution in [3.63, 3.8) is 0 Å². The Labute approximate surface area is 109 Å². The van der Waals surface area contributed by atoms with Gasteiger partial charge in [-0.05, 0) is 30.1 Å². The van der Waals surface area contributed by atoms with E-state index in [4.69, 9.17) is 11.6 Å². The van der Waals surface area contributed by atoms with Gasteiger partial charge in [0, 0.05) is 15.5 Å². The van der Waals surface area contributed by atoms with Crippen molar-refractivity contribution in [3.05, 3.63) is 57.0 Å². The van der Waals surface area contributed by atoms with Gasteiger partial charge in [0.05, 0.1) is 6.04 Å². The Hall–Kier alpha value is -0.900. The molecule has 0 saturated heterocycles. The van der Waals surface area contributed by atoms with Crippen LogP contribution in [0.25, 0.3) is 0 Å². The van der Waals surface area contributed by atoms with E-state index in [1.807, 2.05) is 24.4 Å². The molecule has 1 N–H and O–H groups in total. The molecule has 0 saturated carbocycles. The fourth-order valence-corrected chi connectivity index (χ4v) is 2.87. The first-order chi connectivity index (χ1) is 8.24. The largest absolute Gasteiger partial charge is 0.306 e. The van der Waals surface area contributed by atoms with Gasteiger partial charge < -0.3 is 5.32 Å². The number of benzene rings is 1. The van der Waals surface area contributed by atoms with Gasteiger partial charge in [0.15, 0.2) is 0 Å². The minimum atomic E-state index is -0.267. The summed E-state index contributed by atoms with van der Waals surface area (Å²) in [6.07, 6.45) is 0. The van der Waals surface area contributed by atoms with Gasteiger partial charge in [-0.2, -0.15) is 0 Å². The molecule has 0 aliphatic rings. The van der Waals surface area contributed by atoms with Crippen molar-refractivity contribution in [1.29, 1.82) is 0 Å². The highest BCUT2D eigenvalue weighted by atomic mass is 35.5. The van der Waals surface area contributed by atoms with Gasteiger partial charge in [0.25, 0.3) is 0 Å². The van der Waals surface area contributed by atoms with Crippen LogP contribution in [0.1, 0.15) is 23.4 Å². The normalized spacial score (nSPS) is 12.6. The van der Waals surface area contributed by atoms with Gasteiger partial charge in [-0.15, -0.1) is 11.3 Å². The summed E-state index contributed by atoms with van der Waals surface area (Å²) in [5, 5.41) is 5.71. The number of hydrogen-bond donors (Lipinski definition) is 1. The zero-order chi connectivity index (χ0) is 12.3. The molecule has 0 amide bonds. The average molecular weight is 270 g/mol. The quantitative estimate of drug-likeness (QED) is 0.875. The molecule has 17 heavy (non-hydrogen) atoms. The molecule has 0 spiro atoms. The highest BCUT2D eigenvalue weighted by Gasteiger charge is 2.20. The predicted octanol–water partition coefficient (Wildman–Crippen LogP) is 4.24. The molecule has 1 heterocycles. The standard InChI is InChI=1S/C13H13ClFNS/c1-2-16-13(11-7-4-8-17-11)12-9(14)5-3-6-10(12)15/h3-8,13,16H,2H2,1H3. The van der Waals surface area contributed by atoms with E-state index in [1.165, 1.54) is 6.07 Å². The van der Waals surface area contributed by atoms with E-state index in [-0.39, 0.29) is 11.9 Å². The van der Waals surface area contributed by atoms with Crippen LogP contribution in [0.15, 0.2) is 35.7 Å². The lowest BCUT2D eigenvalue weighted by Gasteiger charge is -2.18. The van der Waals surface area contributed by atoms with Crippen LogP contribution < -0.4 is 5.32 Å². The molecular weight excluding hydrogens is 257 g/mol. The Bertz CT molecular complexity index is 464. The van der Waals surface area contributed by atoms with E-state index < -0.39 is 0 Å². The van der Waals surface area contributed by atoms with Crippen LogP contribution in [0.2, 0.25) is 5.02 Å². The number of thiophene rings is 1. The Morgan fingerprint density at radius 3 is 2.76 bits per heavy atom. The first-order valence-corrected chi connectivity index (χ1v) is 6.70. The minimum Gasteiger partial charge on any atom is -0.306 e. The van der Waals surface area contributed by atoms with Gasteiger partial charge in [0.1, 0.15) is 5.82 Å². The molecule has 2 rings (SSSR count). The van der Waals surface area contributed by atoms with Crippen LogP contribution in [-0.2, 0) is 0 Å². The van der Waals surface area contributed by atoms with Crippen LogP contribution in [0.4, 0.5) is 4.39 Å². The molecule has 4 heteroatoms. The number of hydrogen-bond acceptors (Lipinski definition) is 2. The predicted molar refractivity (Wildman–Crippen MR) is 71.2 cm³/mol. The third kappa shape index (κ3) is 2.68. The van der Waals surface area contributed by atoms with E-state index >= 15 is 0 Å². The lowest BCUT2D eigenvalue weighted by molar-refractivity contribution is 0.563. The molecule has 1 atom stereocenters. The van der Waals surface area contributed by atoms with Crippen molar-refractivity contribution in [2.24, 2.45) is 0 Å². The molecule has 1 nitrogen and oxygen atoms in total. The van der Waals surface area contributed by atoms with E-state index in [9.17, 15) is 4.39 Å². The van der Waals surface area contributed by atoms with Gasteiger partial charge >= 0.3 is 0 Å². The molecule has 0 radical (unpaired) electrons. The third-order valence-corrected chi connectivity index (χ3v) is 3.79. The SMILES string of the molecule is CCNC(c1cccs1)c1c(F)cccc1Cl. The minimum absolute atomic E-state index is 0.173. The Morgan fingerprint density at radius 2 is 2.18 bits per heavy atom. The number of rotatable bonds is 4.